The van der Waals surface area contributed by atoms with Crippen LogP contribution >= 0.6 is 11.1 Å². The Kier molecular flexibility index (Phi) is 6.86. The minimum absolute atomic E-state index is 0.707. The molecule has 0 aromatic heterocycles. The van der Waals surface area contributed by atoms with Crippen LogP contribution in [0.1, 0.15) is 39.5 Å². The summed E-state index contributed by atoms with van der Waals surface area (Å²) in [6, 6.07) is 11.4. The Bertz CT molecular complexity index is 304. The molecular formula is C14H23ClOSi. The molecule has 1 unspecified atom stereocenters. The zero-order chi connectivity index (χ0) is 12.6. The standard InChI is InChI=1S/C14H23ClOSi/c1-3-5-6-10-13-17(15,16-4-2)14-11-8-7-9-12-14/h7-9,11-12H,3-6,10,13H2,1-2H3. The van der Waals surface area contributed by atoms with Gasteiger partial charge in [-0.2, -0.15) is 0 Å². The van der Waals surface area contributed by atoms with E-state index in [1.54, 1.807) is 0 Å². The van der Waals surface area contributed by atoms with Gasteiger partial charge >= 0.3 is 7.63 Å². The van der Waals surface area contributed by atoms with Crippen molar-refractivity contribution in [3.8, 4) is 0 Å². The molecule has 1 aromatic carbocycles. The highest BCUT2D eigenvalue weighted by molar-refractivity contribution is 7.23. The molecule has 1 rings (SSSR count). The van der Waals surface area contributed by atoms with Crippen molar-refractivity contribution in [1.82, 2.24) is 0 Å². The number of hydrogen-bond acceptors (Lipinski definition) is 1. The SMILES string of the molecule is CCCCCC[Si](Cl)(OCC)c1ccccc1. The van der Waals surface area contributed by atoms with Crippen LogP contribution in [0.2, 0.25) is 6.04 Å². The molecule has 17 heavy (non-hydrogen) atoms. The second kappa shape index (κ2) is 7.91. The monoisotopic (exact) mass is 270 g/mol. The number of halogens is 1. The van der Waals surface area contributed by atoms with Gasteiger partial charge in [0.1, 0.15) is 0 Å². The van der Waals surface area contributed by atoms with Crippen molar-refractivity contribution in [1.29, 1.82) is 0 Å². The van der Waals surface area contributed by atoms with Crippen molar-refractivity contribution < 1.29 is 4.43 Å². The molecule has 0 aliphatic carbocycles. The molecule has 0 heterocycles. The van der Waals surface area contributed by atoms with Crippen LogP contribution < -0.4 is 5.19 Å². The number of rotatable bonds is 8. The fraction of sp³-hybridized carbons (Fsp3) is 0.571. The maximum absolute atomic E-state index is 6.76. The third-order valence-electron chi connectivity index (χ3n) is 2.93. The van der Waals surface area contributed by atoms with Crippen LogP contribution in [0, 0.1) is 0 Å². The van der Waals surface area contributed by atoms with Gasteiger partial charge < -0.3 is 4.43 Å². The van der Waals surface area contributed by atoms with Gasteiger partial charge in [-0.05, 0) is 18.2 Å². The van der Waals surface area contributed by atoms with Crippen LogP contribution in [0.25, 0.3) is 0 Å². The van der Waals surface area contributed by atoms with Gasteiger partial charge in [0, 0.05) is 6.61 Å². The van der Waals surface area contributed by atoms with Gasteiger partial charge in [0.2, 0.25) is 0 Å². The van der Waals surface area contributed by atoms with Crippen LogP contribution in [0.15, 0.2) is 30.3 Å². The van der Waals surface area contributed by atoms with E-state index in [4.69, 9.17) is 15.5 Å². The molecule has 0 aliphatic rings. The highest BCUT2D eigenvalue weighted by Gasteiger charge is 2.34. The third kappa shape index (κ3) is 4.82. The minimum atomic E-state index is -2.20. The molecule has 0 saturated carbocycles. The van der Waals surface area contributed by atoms with E-state index in [2.05, 4.69) is 19.1 Å². The van der Waals surface area contributed by atoms with E-state index in [0.29, 0.717) is 6.61 Å². The lowest BCUT2D eigenvalue weighted by atomic mass is 10.2. The summed E-state index contributed by atoms with van der Waals surface area (Å²) in [4.78, 5) is 0. The van der Waals surface area contributed by atoms with Gasteiger partial charge in [-0.15, -0.1) is 11.1 Å². The van der Waals surface area contributed by atoms with E-state index in [1.165, 1.54) is 30.9 Å². The molecule has 0 spiro atoms. The topological polar surface area (TPSA) is 9.23 Å². The third-order valence-corrected chi connectivity index (χ3v) is 7.42. The van der Waals surface area contributed by atoms with Crippen LogP contribution in [-0.2, 0) is 4.43 Å². The first kappa shape index (κ1) is 14.7. The first-order chi connectivity index (χ1) is 8.23. The van der Waals surface area contributed by atoms with Gasteiger partial charge in [0.25, 0.3) is 0 Å². The molecule has 0 amide bonds. The molecule has 0 N–H and O–H groups in total. The van der Waals surface area contributed by atoms with E-state index in [-0.39, 0.29) is 0 Å². The highest BCUT2D eigenvalue weighted by Crippen LogP contribution is 2.21. The molecule has 0 saturated heterocycles. The number of hydrogen-bond donors (Lipinski definition) is 0. The van der Waals surface area contributed by atoms with E-state index < -0.39 is 7.63 Å². The Morgan fingerprint density at radius 3 is 2.35 bits per heavy atom. The van der Waals surface area contributed by atoms with Crippen LogP contribution in [-0.4, -0.2) is 14.2 Å². The van der Waals surface area contributed by atoms with Crippen molar-refractivity contribution >= 4 is 23.9 Å². The molecule has 1 nitrogen and oxygen atoms in total. The molecule has 1 aromatic rings. The Balaban J connectivity index is 2.62. The molecule has 1 atom stereocenters. The Morgan fingerprint density at radius 2 is 1.76 bits per heavy atom. The minimum Gasteiger partial charge on any atom is -0.400 e. The molecule has 0 aliphatic heterocycles. The molecule has 96 valence electrons. The fourth-order valence-corrected chi connectivity index (χ4v) is 5.55. The van der Waals surface area contributed by atoms with Crippen molar-refractivity contribution in [3.05, 3.63) is 30.3 Å². The van der Waals surface area contributed by atoms with Gasteiger partial charge in [0.15, 0.2) is 0 Å². The summed E-state index contributed by atoms with van der Waals surface area (Å²) in [5.74, 6) is 0. The molecular weight excluding hydrogens is 248 g/mol. The lowest BCUT2D eigenvalue weighted by Gasteiger charge is -2.24. The largest absolute Gasteiger partial charge is 0.400 e. The van der Waals surface area contributed by atoms with E-state index in [1.807, 2.05) is 25.1 Å². The normalized spacial score (nSPS) is 14.5. The van der Waals surface area contributed by atoms with E-state index in [0.717, 1.165) is 6.04 Å². The lowest BCUT2D eigenvalue weighted by Crippen LogP contribution is -2.45. The van der Waals surface area contributed by atoms with E-state index in [9.17, 15) is 0 Å². The first-order valence-corrected chi connectivity index (χ1v) is 9.74. The fourth-order valence-electron chi connectivity index (χ4n) is 1.99. The lowest BCUT2D eigenvalue weighted by molar-refractivity contribution is 0.342. The van der Waals surface area contributed by atoms with Crippen LogP contribution in [0.3, 0.4) is 0 Å². The van der Waals surface area contributed by atoms with Crippen molar-refractivity contribution in [3.63, 3.8) is 0 Å². The maximum Gasteiger partial charge on any atom is 0.322 e. The zero-order valence-corrected chi connectivity index (χ0v) is 12.7. The second-order valence-electron chi connectivity index (χ2n) is 4.34. The molecule has 3 heteroatoms. The summed E-state index contributed by atoms with van der Waals surface area (Å²) in [5.41, 5.74) is 0. The highest BCUT2D eigenvalue weighted by atomic mass is 35.6. The van der Waals surface area contributed by atoms with Crippen LogP contribution in [0.5, 0.6) is 0 Å². The first-order valence-electron chi connectivity index (χ1n) is 6.61. The second-order valence-corrected chi connectivity index (χ2v) is 8.99. The van der Waals surface area contributed by atoms with Gasteiger partial charge in [0.05, 0.1) is 0 Å². The predicted molar refractivity (Wildman–Crippen MR) is 78.3 cm³/mol. The molecule has 0 radical (unpaired) electrons. The van der Waals surface area contributed by atoms with Gasteiger partial charge in [-0.1, -0.05) is 62.9 Å². The quantitative estimate of drug-likeness (QED) is 0.391. The smallest absolute Gasteiger partial charge is 0.322 e. The Labute approximate surface area is 111 Å². The molecule has 0 fully saturated rings. The van der Waals surface area contributed by atoms with Gasteiger partial charge in [-0.3, -0.25) is 0 Å². The predicted octanol–water partition coefficient (Wildman–Crippen LogP) is 4.19. The zero-order valence-electron chi connectivity index (χ0n) is 10.9. The summed E-state index contributed by atoms with van der Waals surface area (Å²) in [5, 5.41) is 1.21. The number of benzene rings is 1. The average Bonchev–Trinajstić information content (AvgIpc) is 2.36. The average molecular weight is 271 g/mol. The summed E-state index contributed by atoms with van der Waals surface area (Å²) in [7, 11) is -2.20. The maximum atomic E-state index is 6.76. The number of unbranched alkanes of at least 4 members (excludes halogenated alkanes) is 3. The van der Waals surface area contributed by atoms with Crippen molar-refractivity contribution in [2.75, 3.05) is 6.61 Å². The van der Waals surface area contributed by atoms with Crippen LogP contribution in [0.4, 0.5) is 0 Å². The molecule has 0 bridgehead atoms. The van der Waals surface area contributed by atoms with Crippen molar-refractivity contribution in [2.24, 2.45) is 0 Å². The summed E-state index contributed by atoms with van der Waals surface area (Å²) in [6.45, 7) is 4.96. The van der Waals surface area contributed by atoms with E-state index >= 15 is 0 Å². The summed E-state index contributed by atoms with van der Waals surface area (Å²) in [6.07, 6.45) is 5.00. The Morgan fingerprint density at radius 1 is 1.06 bits per heavy atom. The van der Waals surface area contributed by atoms with Gasteiger partial charge in [-0.25, -0.2) is 0 Å². The summed E-state index contributed by atoms with van der Waals surface area (Å²) < 4.78 is 5.90. The van der Waals surface area contributed by atoms with Crippen molar-refractivity contribution in [2.45, 2.75) is 45.6 Å². The summed E-state index contributed by atoms with van der Waals surface area (Å²) >= 11 is 6.76. The Hall–Kier alpha value is -0.313.